The molecule has 4 nitrogen and oxygen atoms in total. The molecule has 0 saturated carbocycles. The van der Waals surface area contributed by atoms with Crippen molar-refractivity contribution in [1.82, 2.24) is 4.98 Å². The fourth-order valence-corrected chi connectivity index (χ4v) is 6.27. The monoisotopic (exact) mass is 425 g/mol. The fraction of sp³-hybridized carbons (Fsp3) is 0.238. The van der Waals surface area contributed by atoms with Gasteiger partial charge in [-0.1, -0.05) is 36.4 Å². The number of thioether (sulfide) groups is 1. The van der Waals surface area contributed by atoms with Crippen LogP contribution in [0.25, 0.3) is 21.7 Å². The van der Waals surface area contributed by atoms with Gasteiger partial charge in [-0.3, -0.25) is 0 Å². The molecule has 0 aliphatic rings. The van der Waals surface area contributed by atoms with Crippen LogP contribution in [0.4, 0.5) is 0 Å². The Hall–Kier alpha value is -1.95. The predicted molar refractivity (Wildman–Crippen MR) is 118 cm³/mol. The summed E-state index contributed by atoms with van der Waals surface area (Å²) < 4.78 is 5.06. The minimum absolute atomic E-state index is 0.572. The van der Waals surface area contributed by atoms with Gasteiger partial charge in [0.25, 0.3) is 0 Å². The van der Waals surface area contributed by atoms with E-state index in [4.69, 9.17) is 9.72 Å². The molecule has 0 atom stereocenters. The van der Waals surface area contributed by atoms with Gasteiger partial charge in [-0.05, 0) is 35.5 Å². The Balaban J connectivity index is 1.94. The van der Waals surface area contributed by atoms with Gasteiger partial charge in [0.1, 0.15) is 11.1 Å². The highest BCUT2D eigenvalue weighted by Gasteiger charge is 2.18. The third-order valence-corrected chi connectivity index (χ3v) is 8.45. The van der Waals surface area contributed by atoms with E-state index in [0.717, 1.165) is 34.2 Å². The molecule has 2 aromatic heterocycles. The molecule has 1 N–H and O–H groups in total. The van der Waals surface area contributed by atoms with Crippen molar-refractivity contribution in [3.63, 3.8) is 0 Å². The molecule has 0 unspecified atom stereocenters. The van der Waals surface area contributed by atoms with E-state index in [2.05, 4.69) is 6.07 Å². The largest absolute Gasteiger partial charge is 0.431 e. The average molecular weight is 426 g/mol. The smallest absolute Gasteiger partial charge is 0.217 e. The highest BCUT2D eigenvalue weighted by molar-refractivity contribution is 8.00. The molecule has 3 rings (SSSR count). The maximum absolute atomic E-state index is 10.4. The summed E-state index contributed by atoms with van der Waals surface area (Å²) in [7, 11) is 0.179. The second-order valence-corrected chi connectivity index (χ2v) is 10.6. The first-order valence-corrected chi connectivity index (χ1v) is 12.7. The van der Waals surface area contributed by atoms with Crippen LogP contribution < -0.4 is 0 Å². The van der Waals surface area contributed by atoms with Crippen LogP contribution in [0.1, 0.15) is 12.0 Å². The Morgan fingerprint density at radius 2 is 2.07 bits per heavy atom. The number of benzene rings is 1. The number of aromatic nitrogens is 1. The van der Waals surface area contributed by atoms with Gasteiger partial charge in [0.2, 0.25) is 9.04 Å². The topological polar surface area (TPSA) is 66.1 Å². The summed E-state index contributed by atoms with van der Waals surface area (Å²) >= 11 is 3.11. The number of thiophene rings is 1. The number of nitrogens with zero attached hydrogens (tertiary/aromatic N) is 2. The standard InChI is InChI=1S/C21H21N2O2S2Si/c1-25-10-6-12-28(24)15-27-21-18(14-22)17(16-7-3-2-4-8-16)13-19(23-21)20-9-5-11-26-20/h2-5,7-9,11,13,24H,6,10,12,15H2,1H3. The van der Waals surface area contributed by atoms with Gasteiger partial charge < -0.3 is 9.53 Å². The highest BCUT2D eigenvalue weighted by Crippen LogP contribution is 2.35. The lowest BCUT2D eigenvalue weighted by molar-refractivity contribution is 0.198. The number of pyridine rings is 1. The number of ether oxygens (including phenoxy) is 1. The van der Waals surface area contributed by atoms with E-state index in [1.807, 2.05) is 53.9 Å². The zero-order chi connectivity index (χ0) is 19.8. The molecule has 0 spiro atoms. The maximum Gasteiger partial charge on any atom is 0.217 e. The van der Waals surface area contributed by atoms with Crippen molar-refractivity contribution in [2.24, 2.45) is 0 Å². The van der Waals surface area contributed by atoms with Crippen LogP contribution in [0.3, 0.4) is 0 Å². The molecule has 1 aromatic carbocycles. The lowest BCUT2D eigenvalue weighted by Crippen LogP contribution is -2.16. The summed E-state index contributed by atoms with van der Waals surface area (Å²) in [4.78, 5) is 16.2. The van der Waals surface area contributed by atoms with Crippen molar-refractivity contribution in [2.45, 2.75) is 17.5 Å². The van der Waals surface area contributed by atoms with Crippen LogP contribution in [0, 0.1) is 11.3 Å². The Bertz CT molecular complexity index is 928. The summed E-state index contributed by atoms with van der Waals surface area (Å²) in [6.45, 7) is 0.660. The van der Waals surface area contributed by atoms with Crippen molar-refractivity contribution < 1.29 is 9.53 Å². The van der Waals surface area contributed by atoms with E-state index in [-0.39, 0.29) is 0 Å². The molecule has 0 aliphatic heterocycles. The van der Waals surface area contributed by atoms with E-state index in [1.165, 1.54) is 11.8 Å². The average Bonchev–Trinajstić information content (AvgIpc) is 3.27. The summed E-state index contributed by atoms with van der Waals surface area (Å²) in [5.41, 5.74) is 3.32. The minimum atomic E-state index is -1.49. The molecule has 0 aliphatic carbocycles. The van der Waals surface area contributed by atoms with Gasteiger partial charge in [0.05, 0.1) is 16.1 Å². The Labute approximate surface area is 175 Å². The van der Waals surface area contributed by atoms with Gasteiger partial charge >= 0.3 is 0 Å². The number of nitriles is 1. The van der Waals surface area contributed by atoms with E-state index >= 15 is 0 Å². The molecule has 0 amide bonds. The van der Waals surface area contributed by atoms with Gasteiger partial charge in [-0.25, -0.2) is 4.98 Å². The fourth-order valence-electron chi connectivity index (χ4n) is 2.77. The Kier molecular flexibility index (Phi) is 7.83. The van der Waals surface area contributed by atoms with Crippen LogP contribution >= 0.6 is 23.1 Å². The Morgan fingerprint density at radius 3 is 2.75 bits per heavy atom. The summed E-state index contributed by atoms with van der Waals surface area (Å²) in [6, 6.07) is 19.1. The van der Waals surface area contributed by atoms with Crippen LogP contribution in [0.2, 0.25) is 6.04 Å². The normalized spacial score (nSPS) is 10.9. The number of hydrogen-bond acceptors (Lipinski definition) is 6. The number of hydrogen-bond donors (Lipinski definition) is 1. The maximum atomic E-state index is 10.4. The molecule has 7 heteroatoms. The molecule has 0 fully saturated rings. The SMILES string of the molecule is COCCC[Si](O)CSc1nc(-c2cccs2)cc(-c2ccccc2)c1C#N. The predicted octanol–water partition coefficient (Wildman–Crippen LogP) is 5.00. The van der Waals surface area contributed by atoms with Crippen molar-refractivity contribution in [2.75, 3.05) is 19.1 Å². The third kappa shape index (κ3) is 5.31. The second-order valence-electron chi connectivity index (χ2n) is 6.14. The van der Waals surface area contributed by atoms with Crippen LogP contribution in [0.15, 0.2) is 58.9 Å². The van der Waals surface area contributed by atoms with Crippen LogP contribution in [0.5, 0.6) is 0 Å². The van der Waals surface area contributed by atoms with Crippen molar-refractivity contribution in [1.29, 1.82) is 5.26 Å². The molecule has 0 bridgehead atoms. The molecule has 143 valence electrons. The first-order valence-electron chi connectivity index (χ1n) is 8.92. The van der Waals surface area contributed by atoms with E-state index in [0.29, 0.717) is 22.6 Å². The van der Waals surface area contributed by atoms with Gasteiger partial charge in [-0.15, -0.1) is 23.1 Å². The van der Waals surface area contributed by atoms with Gasteiger partial charge in [-0.2, -0.15) is 5.26 Å². The number of rotatable bonds is 9. The van der Waals surface area contributed by atoms with Crippen molar-refractivity contribution >= 4 is 32.1 Å². The zero-order valence-electron chi connectivity index (χ0n) is 15.6. The quantitative estimate of drug-likeness (QED) is 0.297. The second kappa shape index (κ2) is 10.6. The Morgan fingerprint density at radius 1 is 1.25 bits per heavy atom. The van der Waals surface area contributed by atoms with E-state index < -0.39 is 9.04 Å². The first-order chi connectivity index (χ1) is 13.7. The molecule has 28 heavy (non-hydrogen) atoms. The van der Waals surface area contributed by atoms with Crippen molar-refractivity contribution in [3.05, 3.63) is 59.5 Å². The summed E-state index contributed by atoms with van der Waals surface area (Å²) in [6.07, 6.45) is 0.852. The minimum Gasteiger partial charge on any atom is -0.431 e. The zero-order valence-corrected chi connectivity index (χ0v) is 18.2. The third-order valence-electron chi connectivity index (χ3n) is 4.15. The lowest BCUT2D eigenvalue weighted by Gasteiger charge is -2.13. The van der Waals surface area contributed by atoms with Gasteiger partial charge in [0, 0.05) is 24.7 Å². The van der Waals surface area contributed by atoms with Crippen molar-refractivity contribution in [3.8, 4) is 27.8 Å². The molecule has 1 radical (unpaired) electrons. The highest BCUT2D eigenvalue weighted by atomic mass is 32.2. The first kappa shape index (κ1) is 20.8. The molecular formula is C21H21N2O2S2Si. The molecule has 2 heterocycles. The summed E-state index contributed by atoms with van der Waals surface area (Å²) in [5, 5.41) is 13.2. The molecule has 3 aromatic rings. The molecular weight excluding hydrogens is 404 g/mol. The molecule has 0 saturated heterocycles. The van der Waals surface area contributed by atoms with Gasteiger partial charge in [0.15, 0.2) is 0 Å². The van der Waals surface area contributed by atoms with Crippen LogP contribution in [-0.4, -0.2) is 37.9 Å². The van der Waals surface area contributed by atoms with E-state index in [1.54, 1.807) is 18.4 Å². The van der Waals surface area contributed by atoms with Crippen LogP contribution in [-0.2, 0) is 4.74 Å². The summed E-state index contributed by atoms with van der Waals surface area (Å²) in [5.74, 6) is 0. The van der Waals surface area contributed by atoms with E-state index in [9.17, 15) is 10.1 Å². The number of methoxy groups -OCH3 is 1. The lowest BCUT2D eigenvalue weighted by atomic mass is 10.0.